The maximum atomic E-state index is 12.8. The lowest BCUT2D eigenvalue weighted by molar-refractivity contribution is -0.141. The molecule has 0 radical (unpaired) electrons. The molecule has 1 aromatic carbocycles. The predicted molar refractivity (Wildman–Crippen MR) is 130 cm³/mol. The average molecular weight is 542 g/mol. The SMILES string of the molecule is COC(=O)CC(NC(=O)c1c(Cl)cncc1Cl)c1ccc(NC(=O)c2c(Cl)cncc2Cl)cc1. The van der Waals surface area contributed by atoms with Crippen LogP contribution in [0.4, 0.5) is 5.69 Å². The van der Waals surface area contributed by atoms with Crippen LogP contribution in [0.3, 0.4) is 0 Å². The van der Waals surface area contributed by atoms with Crippen molar-refractivity contribution in [3.63, 3.8) is 0 Å². The Morgan fingerprint density at radius 1 is 0.824 bits per heavy atom. The van der Waals surface area contributed by atoms with Crippen LogP contribution in [0.2, 0.25) is 20.1 Å². The molecule has 0 bridgehead atoms. The van der Waals surface area contributed by atoms with Gasteiger partial charge in [-0.25, -0.2) is 0 Å². The molecule has 0 aliphatic rings. The van der Waals surface area contributed by atoms with Crippen LogP contribution in [0.15, 0.2) is 49.1 Å². The Bertz CT molecular complexity index is 1200. The first-order valence-corrected chi connectivity index (χ1v) is 11.1. The lowest BCUT2D eigenvalue weighted by Crippen LogP contribution is -2.31. The van der Waals surface area contributed by atoms with Gasteiger partial charge in [0.05, 0.1) is 50.8 Å². The second kappa shape index (κ2) is 11.5. The summed E-state index contributed by atoms with van der Waals surface area (Å²) >= 11 is 24.2. The highest BCUT2D eigenvalue weighted by molar-refractivity contribution is 6.40. The smallest absolute Gasteiger partial charge is 0.307 e. The van der Waals surface area contributed by atoms with Crippen LogP contribution in [0.5, 0.6) is 0 Å². The molecule has 8 nitrogen and oxygen atoms in total. The van der Waals surface area contributed by atoms with Crippen molar-refractivity contribution in [1.29, 1.82) is 0 Å². The molecule has 2 N–H and O–H groups in total. The molecular weight excluding hydrogens is 526 g/mol. The van der Waals surface area contributed by atoms with Crippen molar-refractivity contribution >= 4 is 69.9 Å². The van der Waals surface area contributed by atoms with E-state index in [0.717, 1.165) is 0 Å². The molecule has 2 amide bonds. The molecule has 0 saturated heterocycles. The van der Waals surface area contributed by atoms with Crippen LogP contribution < -0.4 is 10.6 Å². The van der Waals surface area contributed by atoms with E-state index in [9.17, 15) is 14.4 Å². The molecule has 0 spiro atoms. The molecule has 0 aliphatic carbocycles. The van der Waals surface area contributed by atoms with Crippen molar-refractivity contribution < 1.29 is 19.1 Å². The summed E-state index contributed by atoms with van der Waals surface area (Å²) in [6.07, 6.45) is 5.04. The number of rotatable bonds is 7. The number of carbonyl (C=O) groups is 3. The van der Waals surface area contributed by atoms with Gasteiger partial charge in [0.15, 0.2) is 0 Å². The van der Waals surface area contributed by atoms with Crippen molar-refractivity contribution in [3.05, 3.63) is 85.8 Å². The summed E-state index contributed by atoms with van der Waals surface area (Å²) in [4.78, 5) is 45.0. The topological polar surface area (TPSA) is 110 Å². The van der Waals surface area contributed by atoms with Gasteiger partial charge < -0.3 is 15.4 Å². The van der Waals surface area contributed by atoms with Gasteiger partial charge in [0.2, 0.25) is 0 Å². The Balaban J connectivity index is 1.81. The Kier molecular flexibility index (Phi) is 8.68. The molecule has 34 heavy (non-hydrogen) atoms. The first kappa shape index (κ1) is 25.7. The van der Waals surface area contributed by atoms with Gasteiger partial charge in [-0.15, -0.1) is 0 Å². The minimum atomic E-state index is -0.769. The van der Waals surface area contributed by atoms with Gasteiger partial charge in [0, 0.05) is 30.5 Å². The summed E-state index contributed by atoms with van der Waals surface area (Å²) in [6, 6.07) is 5.69. The molecule has 2 aromatic heterocycles. The summed E-state index contributed by atoms with van der Waals surface area (Å²) in [7, 11) is 1.24. The van der Waals surface area contributed by atoms with Crippen molar-refractivity contribution in [2.75, 3.05) is 12.4 Å². The number of aromatic nitrogens is 2. The van der Waals surface area contributed by atoms with Gasteiger partial charge in [-0.05, 0) is 17.7 Å². The summed E-state index contributed by atoms with van der Waals surface area (Å²) in [5, 5.41) is 5.76. The number of ether oxygens (including phenoxy) is 1. The second-order valence-corrected chi connectivity index (χ2v) is 8.47. The molecule has 0 aliphatic heterocycles. The van der Waals surface area contributed by atoms with E-state index in [4.69, 9.17) is 51.1 Å². The Labute approximate surface area is 214 Å². The first-order valence-electron chi connectivity index (χ1n) is 9.58. The molecule has 0 fully saturated rings. The number of methoxy groups -OCH3 is 1. The van der Waals surface area contributed by atoms with Crippen LogP contribution in [0, 0.1) is 0 Å². The number of nitrogens with one attached hydrogen (secondary N) is 2. The van der Waals surface area contributed by atoms with Crippen molar-refractivity contribution in [1.82, 2.24) is 15.3 Å². The number of halogens is 4. The summed E-state index contributed by atoms with van der Waals surface area (Å²) in [5.41, 5.74) is 1.12. The van der Waals surface area contributed by atoms with E-state index in [-0.39, 0.29) is 37.6 Å². The normalized spacial score (nSPS) is 11.4. The number of amides is 2. The third-order valence-corrected chi connectivity index (χ3v) is 5.78. The van der Waals surface area contributed by atoms with E-state index in [1.165, 1.54) is 31.9 Å². The zero-order valence-corrected chi connectivity index (χ0v) is 20.5. The van der Waals surface area contributed by atoms with Crippen LogP contribution in [0.25, 0.3) is 0 Å². The molecule has 3 aromatic rings. The minimum Gasteiger partial charge on any atom is -0.469 e. The molecule has 2 heterocycles. The van der Waals surface area contributed by atoms with Crippen LogP contribution >= 0.6 is 46.4 Å². The minimum absolute atomic E-state index is 0.0307. The standard InChI is InChI=1S/C22H16Cl4N4O4/c1-34-18(31)6-17(30-22(33)20-15(25)9-28-10-16(20)26)11-2-4-12(5-3-11)29-21(32)19-13(23)7-27-8-14(19)24/h2-5,7-10,17H,6H2,1H3,(H,29,32)(H,30,33). The number of hydrogen-bond donors (Lipinski definition) is 2. The van der Waals surface area contributed by atoms with E-state index in [0.29, 0.717) is 11.3 Å². The lowest BCUT2D eigenvalue weighted by Gasteiger charge is -2.19. The fourth-order valence-electron chi connectivity index (χ4n) is 2.98. The zero-order valence-electron chi connectivity index (χ0n) is 17.4. The maximum absolute atomic E-state index is 12.8. The van der Waals surface area contributed by atoms with Crippen molar-refractivity contribution in [3.8, 4) is 0 Å². The Morgan fingerprint density at radius 2 is 1.29 bits per heavy atom. The van der Waals surface area contributed by atoms with Gasteiger partial charge in [0.25, 0.3) is 11.8 Å². The monoisotopic (exact) mass is 540 g/mol. The van der Waals surface area contributed by atoms with E-state index in [1.807, 2.05) is 0 Å². The second-order valence-electron chi connectivity index (χ2n) is 6.84. The number of hydrogen-bond acceptors (Lipinski definition) is 6. The third kappa shape index (κ3) is 6.15. The third-order valence-electron chi connectivity index (χ3n) is 4.64. The largest absolute Gasteiger partial charge is 0.469 e. The fourth-order valence-corrected chi connectivity index (χ4v) is 4.05. The summed E-state index contributed by atoms with van der Waals surface area (Å²) < 4.78 is 4.75. The number of anilines is 1. The van der Waals surface area contributed by atoms with E-state index >= 15 is 0 Å². The van der Waals surface area contributed by atoms with Crippen LogP contribution in [0.1, 0.15) is 38.7 Å². The maximum Gasteiger partial charge on any atom is 0.307 e. The zero-order chi connectivity index (χ0) is 24.8. The molecule has 12 heteroatoms. The van der Waals surface area contributed by atoms with Crippen molar-refractivity contribution in [2.24, 2.45) is 0 Å². The van der Waals surface area contributed by atoms with Crippen molar-refractivity contribution in [2.45, 2.75) is 12.5 Å². The number of benzene rings is 1. The average Bonchev–Trinajstić information content (AvgIpc) is 2.79. The lowest BCUT2D eigenvalue weighted by atomic mass is 10.0. The highest BCUT2D eigenvalue weighted by Gasteiger charge is 2.23. The highest BCUT2D eigenvalue weighted by atomic mass is 35.5. The van der Waals surface area contributed by atoms with Crippen LogP contribution in [-0.2, 0) is 9.53 Å². The van der Waals surface area contributed by atoms with Crippen LogP contribution in [-0.4, -0.2) is 34.9 Å². The number of nitrogens with zero attached hydrogens (tertiary/aromatic N) is 2. The highest BCUT2D eigenvalue weighted by Crippen LogP contribution is 2.27. The fraction of sp³-hybridized carbons (Fsp3) is 0.136. The molecule has 3 rings (SSSR count). The number of esters is 1. The van der Waals surface area contributed by atoms with Gasteiger partial charge in [0.1, 0.15) is 0 Å². The first-order chi connectivity index (χ1) is 16.2. The molecule has 1 unspecified atom stereocenters. The van der Waals surface area contributed by atoms with Gasteiger partial charge in [-0.1, -0.05) is 58.5 Å². The van der Waals surface area contributed by atoms with E-state index in [1.54, 1.807) is 24.3 Å². The summed E-state index contributed by atoms with van der Waals surface area (Å²) in [5.74, 6) is -1.66. The predicted octanol–water partition coefficient (Wildman–Crippen LogP) is 5.38. The Hall–Kier alpha value is -2.91. The number of carbonyl (C=O) groups excluding carboxylic acids is 3. The van der Waals surface area contributed by atoms with E-state index < -0.39 is 23.8 Å². The Morgan fingerprint density at radius 3 is 1.76 bits per heavy atom. The van der Waals surface area contributed by atoms with Gasteiger partial charge in [-0.2, -0.15) is 0 Å². The quantitative estimate of drug-likeness (QED) is 0.389. The van der Waals surface area contributed by atoms with Gasteiger partial charge >= 0.3 is 5.97 Å². The molecule has 1 atom stereocenters. The molecule has 0 saturated carbocycles. The van der Waals surface area contributed by atoms with E-state index in [2.05, 4.69) is 20.6 Å². The van der Waals surface area contributed by atoms with Gasteiger partial charge in [-0.3, -0.25) is 24.4 Å². The molecular formula is C22H16Cl4N4O4. The number of pyridine rings is 2. The molecule has 176 valence electrons. The summed E-state index contributed by atoms with van der Waals surface area (Å²) in [6.45, 7) is 0.